The van der Waals surface area contributed by atoms with Gasteiger partial charge in [-0.2, -0.15) is 0 Å². The molecule has 222 valence electrons. The third-order valence-corrected chi connectivity index (χ3v) is 11.6. The van der Waals surface area contributed by atoms with E-state index in [0.717, 1.165) is 37.7 Å². The molecule has 2 bridgehead atoms. The van der Waals surface area contributed by atoms with E-state index in [1.165, 1.54) is 0 Å². The molecule has 3 saturated heterocycles. The molecule has 3 N–H and O–H groups in total. The highest BCUT2D eigenvalue weighted by Crippen LogP contribution is 2.67. The number of aliphatic hydroxyl groups is 1. The molecule has 0 aliphatic carbocycles. The third-order valence-electron chi connectivity index (χ3n) is 8.39. The summed E-state index contributed by atoms with van der Waals surface area (Å²) in [7, 11) is 0. The van der Waals surface area contributed by atoms with E-state index in [0.29, 0.717) is 19.5 Å². The molecule has 1 aromatic carbocycles. The van der Waals surface area contributed by atoms with Gasteiger partial charge in [0.2, 0.25) is 17.7 Å². The van der Waals surface area contributed by atoms with Gasteiger partial charge in [0.25, 0.3) is 0 Å². The Morgan fingerprint density at radius 3 is 2.40 bits per heavy atom. The lowest BCUT2D eigenvalue weighted by Crippen LogP contribution is -2.58. The highest BCUT2D eigenvalue weighted by molar-refractivity contribution is 9.09. The summed E-state index contributed by atoms with van der Waals surface area (Å²) in [6, 6.07) is 9.17. The number of hydrogen-bond donors (Lipinski definition) is 3. The van der Waals surface area contributed by atoms with Crippen molar-refractivity contribution in [2.75, 3.05) is 13.2 Å². The number of aliphatic hydroxyl groups excluding tert-OH is 1. The lowest BCUT2D eigenvalue weighted by molar-refractivity contribution is -0.140. The van der Waals surface area contributed by atoms with E-state index in [9.17, 15) is 14.4 Å². The lowest BCUT2D eigenvalue weighted by Gasteiger charge is -2.39. The fraction of sp³-hybridized carbons (Fsp3) is 0.710. The zero-order valence-corrected chi connectivity index (χ0v) is 26.9. The molecule has 3 unspecified atom stereocenters. The summed E-state index contributed by atoms with van der Waals surface area (Å²) in [6.45, 7) is 11.6. The molecule has 6 atom stereocenters. The van der Waals surface area contributed by atoms with Crippen LogP contribution < -0.4 is 10.6 Å². The molecule has 1 spiro atoms. The van der Waals surface area contributed by atoms with Gasteiger partial charge in [0.1, 0.15) is 6.04 Å². The third kappa shape index (κ3) is 6.57. The first-order valence-corrected chi connectivity index (χ1v) is 16.5. The molecule has 1 aromatic rings. The molecule has 7 nitrogen and oxygen atoms in total. The van der Waals surface area contributed by atoms with Gasteiger partial charge in [-0.1, -0.05) is 79.9 Å². The Morgan fingerprint density at radius 2 is 1.75 bits per heavy atom. The largest absolute Gasteiger partial charge is 0.396 e. The maximum atomic E-state index is 14.2. The van der Waals surface area contributed by atoms with Gasteiger partial charge in [-0.15, -0.1) is 11.8 Å². The Kier molecular flexibility index (Phi) is 9.67. The van der Waals surface area contributed by atoms with Crippen LogP contribution in [0.1, 0.15) is 78.7 Å². The molecule has 3 aliphatic heterocycles. The smallest absolute Gasteiger partial charge is 0.244 e. The lowest BCUT2D eigenvalue weighted by atomic mass is 9.70. The fourth-order valence-corrected chi connectivity index (χ4v) is 11.0. The highest BCUT2D eigenvalue weighted by Gasteiger charge is 2.75. The second-order valence-corrected chi connectivity index (χ2v) is 16.4. The summed E-state index contributed by atoms with van der Waals surface area (Å²) in [5.74, 6) is -1.30. The summed E-state index contributed by atoms with van der Waals surface area (Å²) in [4.78, 5) is 43.9. The molecule has 0 saturated carbocycles. The van der Waals surface area contributed by atoms with Gasteiger partial charge in [-0.25, -0.2) is 0 Å². The van der Waals surface area contributed by atoms with E-state index in [2.05, 4.69) is 47.3 Å². The van der Waals surface area contributed by atoms with Crippen LogP contribution in [0.5, 0.6) is 0 Å². The van der Waals surface area contributed by atoms with Gasteiger partial charge < -0.3 is 20.6 Å². The van der Waals surface area contributed by atoms with Crippen LogP contribution in [0.25, 0.3) is 0 Å². The molecule has 3 aliphatic rings. The molecule has 40 heavy (non-hydrogen) atoms. The van der Waals surface area contributed by atoms with Crippen molar-refractivity contribution in [2.24, 2.45) is 17.3 Å². The van der Waals surface area contributed by atoms with Crippen molar-refractivity contribution >= 4 is 45.4 Å². The minimum atomic E-state index is -0.641. The van der Waals surface area contributed by atoms with Gasteiger partial charge in [0, 0.05) is 35.3 Å². The standard InChI is InChI=1S/C31H46BrN3O4S/c1-29(2,3)19-30(4,5)34-27(38)25-31-17-21(32)24(40-31)22(26(37)33-18-20-13-9-8-10-14-20)23(31)28(39)35(25)15-11-6-7-12-16-36/h8-10,13-14,21-25,36H,6-7,11-12,15-19H2,1-5H3,(H,33,37)(H,34,38)/t21?,22-,23+,24-,25?,31?/m1/s1. The number of nitrogens with zero attached hydrogens (tertiary/aromatic N) is 1. The summed E-state index contributed by atoms with van der Waals surface area (Å²) in [5, 5.41) is 15.5. The fourth-order valence-electron chi connectivity index (χ4n) is 7.39. The Morgan fingerprint density at radius 1 is 1.07 bits per heavy atom. The van der Waals surface area contributed by atoms with Crippen molar-refractivity contribution in [2.45, 2.75) is 106 Å². The second-order valence-electron chi connectivity index (χ2n) is 13.6. The number of hydrogen-bond acceptors (Lipinski definition) is 5. The zero-order chi connectivity index (χ0) is 29.3. The van der Waals surface area contributed by atoms with E-state index in [1.54, 1.807) is 16.7 Å². The zero-order valence-electron chi connectivity index (χ0n) is 24.5. The SMILES string of the molecule is CC(C)(C)CC(C)(C)NC(=O)C1N(CCCCCCO)C(=O)[C@@H]2[C@@H](C(=O)NCc3ccccc3)[C@@H]3SC12CC3Br. The molecular formula is C31H46BrN3O4S. The number of benzene rings is 1. The van der Waals surface area contributed by atoms with Gasteiger partial charge in [0.05, 0.1) is 16.6 Å². The van der Waals surface area contributed by atoms with Crippen LogP contribution in [0.2, 0.25) is 0 Å². The Hall–Kier alpha value is -1.58. The van der Waals surface area contributed by atoms with Crippen molar-refractivity contribution in [3.63, 3.8) is 0 Å². The molecule has 3 fully saturated rings. The average molecular weight is 637 g/mol. The van der Waals surface area contributed by atoms with Gasteiger partial charge in [0.15, 0.2) is 0 Å². The van der Waals surface area contributed by atoms with Gasteiger partial charge in [-0.3, -0.25) is 14.4 Å². The first-order valence-electron chi connectivity index (χ1n) is 14.7. The maximum Gasteiger partial charge on any atom is 0.244 e. The molecule has 4 rings (SSSR count). The van der Waals surface area contributed by atoms with Crippen LogP contribution in [0.15, 0.2) is 30.3 Å². The van der Waals surface area contributed by atoms with Crippen molar-refractivity contribution in [1.82, 2.24) is 15.5 Å². The summed E-state index contributed by atoms with van der Waals surface area (Å²) >= 11 is 5.53. The Labute approximate surface area is 252 Å². The number of alkyl halides is 1. The number of thioether (sulfide) groups is 1. The first kappa shape index (κ1) is 31.4. The Balaban J connectivity index is 1.60. The topological polar surface area (TPSA) is 98.7 Å². The van der Waals surface area contributed by atoms with E-state index >= 15 is 0 Å². The number of nitrogens with one attached hydrogen (secondary N) is 2. The molecule has 0 aromatic heterocycles. The summed E-state index contributed by atoms with van der Waals surface area (Å²) < 4.78 is -0.641. The minimum Gasteiger partial charge on any atom is -0.396 e. The maximum absolute atomic E-state index is 14.2. The number of likely N-dealkylation sites (tertiary alicyclic amines) is 1. The van der Waals surface area contributed by atoms with Crippen molar-refractivity contribution < 1.29 is 19.5 Å². The molecule has 9 heteroatoms. The number of halogens is 1. The number of carbonyl (C=O) groups excluding carboxylic acids is 3. The number of carbonyl (C=O) groups is 3. The van der Waals surface area contributed by atoms with Crippen LogP contribution >= 0.6 is 27.7 Å². The number of unbranched alkanes of at least 4 members (excludes halogenated alkanes) is 3. The number of amides is 3. The second kappa shape index (κ2) is 12.3. The minimum absolute atomic E-state index is 0.0267. The molecule has 3 amide bonds. The van der Waals surface area contributed by atoms with E-state index in [1.807, 2.05) is 44.2 Å². The van der Waals surface area contributed by atoms with E-state index < -0.39 is 28.2 Å². The van der Waals surface area contributed by atoms with Crippen LogP contribution in [0.4, 0.5) is 0 Å². The quantitative estimate of drug-likeness (QED) is 0.229. The van der Waals surface area contributed by atoms with Crippen molar-refractivity contribution in [3.05, 3.63) is 35.9 Å². The average Bonchev–Trinajstić information content (AvgIpc) is 3.44. The van der Waals surface area contributed by atoms with Crippen LogP contribution in [0.3, 0.4) is 0 Å². The van der Waals surface area contributed by atoms with E-state index in [4.69, 9.17) is 5.11 Å². The molecule has 0 radical (unpaired) electrons. The summed E-state index contributed by atoms with van der Waals surface area (Å²) in [6.07, 6.45) is 4.74. The van der Waals surface area contributed by atoms with Gasteiger partial charge in [-0.05, 0) is 50.5 Å². The monoisotopic (exact) mass is 635 g/mol. The normalized spacial score (nSPS) is 29.5. The van der Waals surface area contributed by atoms with Crippen molar-refractivity contribution in [1.29, 1.82) is 0 Å². The van der Waals surface area contributed by atoms with Gasteiger partial charge >= 0.3 is 0 Å². The number of fused-ring (bicyclic) bond motifs is 1. The Bertz CT molecular complexity index is 1080. The van der Waals surface area contributed by atoms with Crippen molar-refractivity contribution in [3.8, 4) is 0 Å². The first-order chi connectivity index (χ1) is 18.8. The van der Waals surface area contributed by atoms with Crippen LogP contribution in [-0.2, 0) is 20.9 Å². The molecular weight excluding hydrogens is 590 g/mol. The van der Waals surface area contributed by atoms with Crippen LogP contribution in [0, 0.1) is 17.3 Å². The molecule has 3 heterocycles. The number of rotatable bonds is 12. The highest BCUT2D eigenvalue weighted by atomic mass is 79.9. The van der Waals surface area contributed by atoms with E-state index in [-0.39, 0.29) is 39.8 Å². The van der Waals surface area contributed by atoms with Crippen LogP contribution in [-0.4, -0.2) is 67.3 Å². The predicted octanol–water partition coefficient (Wildman–Crippen LogP) is 4.65. The predicted molar refractivity (Wildman–Crippen MR) is 164 cm³/mol. The summed E-state index contributed by atoms with van der Waals surface area (Å²) in [5.41, 5.74) is 0.595.